The maximum Gasteiger partial charge on any atom is 0.270 e. The highest BCUT2D eigenvalue weighted by Crippen LogP contribution is 2.37. The van der Waals surface area contributed by atoms with Crippen LogP contribution in [0.15, 0.2) is 21.3 Å². The lowest BCUT2D eigenvalue weighted by atomic mass is 9.91. The van der Waals surface area contributed by atoms with Crippen molar-refractivity contribution in [3.8, 4) is 0 Å². The highest BCUT2D eigenvalue weighted by molar-refractivity contribution is 5.94. The van der Waals surface area contributed by atoms with Gasteiger partial charge in [-0.05, 0) is 31.9 Å². The summed E-state index contributed by atoms with van der Waals surface area (Å²) in [6.07, 6.45) is 1.86. The van der Waals surface area contributed by atoms with Crippen molar-refractivity contribution >= 4 is 11.7 Å². The van der Waals surface area contributed by atoms with Crippen molar-refractivity contribution < 1.29 is 13.9 Å². The molecule has 2 aromatic heterocycles. The first-order valence-electron chi connectivity index (χ1n) is 7.92. The van der Waals surface area contributed by atoms with E-state index in [0.717, 1.165) is 18.6 Å². The number of H-pyrrole nitrogens is 1. The third-order valence-corrected chi connectivity index (χ3v) is 4.62. The molecule has 7 nitrogen and oxygen atoms in total. The van der Waals surface area contributed by atoms with Gasteiger partial charge in [-0.25, -0.2) is 0 Å². The summed E-state index contributed by atoms with van der Waals surface area (Å²) >= 11 is 0. The maximum atomic E-state index is 12.5. The number of aryl methyl sites for hydroxylation is 1. The lowest BCUT2D eigenvalue weighted by Crippen LogP contribution is -2.28. The number of aromatic nitrogens is 2. The summed E-state index contributed by atoms with van der Waals surface area (Å²) in [6, 6.07) is 3.83. The van der Waals surface area contributed by atoms with Crippen molar-refractivity contribution in [2.24, 2.45) is 0 Å². The zero-order valence-corrected chi connectivity index (χ0v) is 12.9. The van der Waals surface area contributed by atoms with Crippen LogP contribution < -0.4 is 10.9 Å². The number of ether oxygens (including phenoxy) is 1. The first kappa shape index (κ1) is 14.3. The highest BCUT2D eigenvalue weighted by Gasteiger charge is 2.35. The van der Waals surface area contributed by atoms with Crippen LogP contribution in [0.1, 0.15) is 48.3 Å². The molecule has 2 N–H and O–H groups in total. The van der Waals surface area contributed by atoms with Crippen LogP contribution in [0.3, 0.4) is 0 Å². The predicted octanol–water partition coefficient (Wildman–Crippen LogP) is 1.90. The van der Waals surface area contributed by atoms with Crippen LogP contribution in [0.2, 0.25) is 0 Å². The Bertz CT molecular complexity index is 795. The Hall–Kier alpha value is -2.28. The first-order chi connectivity index (χ1) is 11.1. The van der Waals surface area contributed by atoms with Gasteiger partial charge in [0.15, 0.2) is 0 Å². The van der Waals surface area contributed by atoms with E-state index in [-0.39, 0.29) is 29.8 Å². The van der Waals surface area contributed by atoms with Gasteiger partial charge >= 0.3 is 0 Å². The van der Waals surface area contributed by atoms with Crippen molar-refractivity contribution in [3.05, 3.63) is 39.6 Å². The number of rotatable bonds is 2. The number of anilines is 1. The van der Waals surface area contributed by atoms with Crippen LogP contribution in [0.5, 0.6) is 0 Å². The number of fused-ring (bicyclic) bond motifs is 1. The predicted molar refractivity (Wildman–Crippen MR) is 82.7 cm³/mol. The summed E-state index contributed by atoms with van der Waals surface area (Å²) in [4.78, 5) is 24.7. The first-order valence-corrected chi connectivity index (χ1v) is 7.92. The van der Waals surface area contributed by atoms with Gasteiger partial charge < -0.3 is 14.5 Å². The van der Waals surface area contributed by atoms with E-state index in [9.17, 15) is 9.59 Å². The summed E-state index contributed by atoms with van der Waals surface area (Å²) in [5.41, 5.74) is 0.427. The quantitative estimate of drug-likeness (QED) is 0.885. The van der Waals surface area contributed by atoms with Gasteiger partial charge in [-0.15, -0.1) is 0 Å². The Morgan fingerprint density at radius 2 is 2.00 bits per heavy atom. The molecule has 1 fully saturated rings. The molecule has 4 rings (SSSR count). The van der Waals surface area contributed by atoms with Crippen molar-refractivity contribution in [3.63, 3.8) is 0 Å². The third-order valence-electron chi connectivity index (χ3n) is 4.62. The number of aromatic amines is 1. The fourth-order valence-corrected chi connectivity index (χ4v) is 3.48. The van der Waals surface area contributed by atoms with Gasteiger partial charge in [-0.3, -0.25) is 19.4 Å². The summed E-state index contributed by atoms with van der Waals surface area (Å²) in [7, 11) is 0. The topological polar surface area (TPSA) is 89.3 Å². The van der Waals surface area contributed by atoms with Crippen molar-refractivity contribution in [1.29, 1.82) is 0 Å². The van der Waals surface area contributed by atoms with E-state index < -0.39 is 0 Å². The van der Waals surface area contributed by atoms with Crippen LogP contribution in [-0.4, -0.2) is 28.9 Å². The summed E-state index contributed by atoms with van der Waals surface area (Å²) < 4.78 is 12.9. The van der Waals surface area contributed by atoms with Gasteiger partial charge in [0.2, 0.25) is 5.91 Å². The molecule has 0 aromatic carbocycles. The molecule has 0 radical (unpaired) electrons. The number of hydrogen-bond acceptors (Lipinski definition) is 4. The molecule has 1 amide bonds. The molecule has 23 heavy (non-hydrogen) atoms. The lowest BCUT2D eigenvalue weighted by molar-refractivity contribution is -0.116. The van der Waals surface area contributed by atoms with Crippen LogP contribution in [0.4, 0.5) is 5.82 Å². The maximum absolute atomic E-state index is 12.5. The van der Waals surface area contributed by atoms with Crippen LogP contribution in [0, 0.1) is 6.92 Å². The minimum atomic E-state index is -0.336. The molecule has 1 atom stereocenters. The van der Waals surface area contributed by atoms with Gasteiger partial charge in [-0.1, -0.05) is 0 Å². The Kier molecular flexibility index (Phi) is 3.37. The zero-order chi connectivity index (χ0) is 16.0. The average molecular weight is 317 g/mol. The molecule has 0 bridgehead atoms. The molecule has 0 aliphatic carbocycles. The second kappa shape index (κ2) is 5.42. The minimum Gasteiger partial charge on any atom is -0.466 e. The molecule has 4 heterocycles. The number of hydrogen-bond donors (Lipinski definition) is 2. The molecule has 2 aromatic rings. The number of carbonyl (C=O) groups excluding carboxylic acids is 1. The van der Waals surface area contributed by atoms with E-state index in [1.165, 1.54) is 0 Å². The van der Waals surface area contributed by atoms with Gasteiger partial charge in [-0.2, -0.15) is 0 Å². The van der Waals surface area contributed by atoms with Crippen LogP contribution >= 0.6 is 0 Å². The zero-order valence-electron chi connectivity index (χ0n) is 12.9. The summed E-state index contributed by atoms with van der Waals surface area (Å²) in [6.45, 7) is 3.17. The number of amides is 1. The van der Waals surface area contributed by atoms with Crippen molar-refractivity contribution in [1.82, 2.24) is 9.78 Å². The van der Waals surface area contributed by atoms with Crippen LogP contribution in [0.25, 0.3) is 0 Å². The second-order valence-electron chi connectivity index (χ2n) is 6.17. The molecule has 2 aliphatic rings. The molecule has 2 aliphatic heterocycles. The summed E-state index contributed by atoms with van der Waals surface area (Å²) in [5, 5.41) is 5.76. The Morgan fingerprint density at radius 1 is 1.22 bits per heavy atom. The fraction of sp³-hybridized carbons (Fsp3) is 0.500. The van der Waals surface area contributed by atoms with Gasteiger partial charge in [0.05, 0.1) is 17.5 Å². The largest absolute Gasteiger partial charge is 0.466 e. The highest BCUT2D eigenvalue weighted by atomic mass is 16.5. The van der Waals surface area contributed by atoms with Crippen molar-refractivity contribution in [2.45, 2.75) is 38.1 Å². The average Bonchev–Trinajstić information content (AvgIpc) is 3.12. The molecular formula is C16H19N3O4. The van der Waals surface area contributed by atoms with E-state index in [2.05, 4.69) is 10.4 Å². The van der Waals surface area contributed by atoms with E-state index in [4.69, 9.17) is 9.15 Å². The minimum absolute atomic E-state index is 0.101. The molecular weight excluding hydrogens is 298 g/mol. The molecule has 0 saturated carbocycles. The van der Waals surface area contributed by atoms with Gasteiger partial charge in [0.1, 0.15) is 17.3 Å². The Balaban J connectivity index is 1.80. The third kappa shape index (κ3) is 2.41. The van der Waals surface area contributed by atoms with E-state index >= 15 is 0 Å². The molecule has 0 spiro atoms. The molecule has 1 saturated heterocycles. The van der Waals surface area contributed by atoms with Crippen molar-refractivity contribution in [2.75, 3.05) is 18.5 Å². The van der Waals surface area contributed by atoms with E-state index in [1.54, 1.807) is 4.68 Å². The number of furan rings is 1. The Morgan fingerprint density at radius 3 is 2.70 bits per heavy atom. The normalized spacial score (nSPS) is 22.0. The SMILES string of the molecule is Cc1ccc(C2CC(=O)Nc3c2c(=O)[nH]n3C2CCOCC2)o1. The van der Waals surface area contributed by atoms with Gasteiger partial charge in [0, 0.05) is 19.6 Å². The monoisotopic (exact) mass is 317 g/mol. The standard InChI is InChI=1S/C16H19N3O4/c1-9-2-3-12(23-9)11-8-13(20)17-15-14(11)16(21)18-19(15)10-4-6-22-7-5-10/h2-3,10-11H,4-8H2,1H3,(H,17,20)(H,18,21). The number of nitrogens with one attached hydrogen (secondary N) is 2. The molecule has 122 valence electrons. The second-order valence-corrected chi connectivity index (χ2v) is 6.17. The van der Waals surface area contributed by atoms with E-state index in [1.807, 2.05) is 19.1 Å². The fourth-order valence-electron chi connectivity index (χ4n) is 3.48. The van der Waals surface area contributed by atoms with E-state index in [0.29, 0.717) is 30.4 Å². The molecule has 7 heteroatoms. The Labute approximate surface area is 132 Å². The number of nitrogens with zero attached hydrogens (tertiary/aromatic N) is 1. The smallest absolute Gasteiger partial charge is 0.270 e. The molecule has 1 unspecified atom stereocenters. The lowest BCUT2D eigenvalue weighted by Gasteiger charge is -2.27. The number of carbonyl (C=O) groups is 1. The summed E-state index contributed by atoms with van der Waals surface area (Å²) in [5.74, 6) is 1.58. The van der Waals surface area contributed by atoms with Crippen LogP contribution in [-0.2, 0) is 9.53 Å². The van der Waals surface area contributed by atoms with Gasteiger partial charge in [0.25, 0.3) is 5.56 Å².